The molecule has 19 heavy (non-hydrogen) atoms. The third-order valence-electron chi connectivity index (χ3n) is 2.93. The molecule has 1 aliphatic rings. The highest BCUT2D eigenvalue weighted by Gasteiger charge is 2.33. The molecular formula is C14H18BrNO3. The van der Waals surface area contributed by atoms with Gasteiger partial charge in [0, 0.05) is 10.9 Å². The number of aliphatic hydroxyl groups excluding tert-OH is 1. The molecule has 1 aromatic rings. The third-order valence-corrected chi connectivity index (χ3v) is 3.42. The Kier molecular flexibility index (Phi) is 3.87. The summed E-state index contributed by atoms with van der Waals surface area (Å²) in [5.41, 5.74) is 1.44. The third kappa shape index (κ3) is 3.48. The van der Waals surface area contributed by atoms with Crippen molar-refractivity contribution in [1.29, 1.82) is 0 Å². The maximum atomic E-state index is 11.8. The first-order valence-corrected chi connectivity index (χ1v) is 7.01. The van der Waals surface area contributed by atoms with Gasteiger partial charge in [0.05, 0.1) is 12.1 Å². The minimum Gasteiger partial charge on any atom is -0.444 e. The molecule has 1 amide bonds. The highest BCUT2D eigenvalue weighted by Crippen LogP contribution is 2.33. The predicted octanol–water partition coefficient (Wildman–Crippen LogP) is 2.93. The van der Waals surface area contributed by atoms with Gasteiger partial charge in [0.1, 0.15) is 5.60 Å². The maximum Gasteiger partial charge on any atom is 0.408 e. The summed E-state index contributed by atoms with van der Waals surface area (Å²) in [6, 6.07) is 5.38. The monoisotopic (exact) mass is 327 g/mol. The lowest BCUT2D eigenvalue weighted by molar-refractivity contribution is 0.0438. The second-order valence-corrected chi connectivity index (χ2v) is 6.65. The molecule has 0 radical (unpaired) electrons. The molecule has 0 fully saturated rings. The summed E-state index contributed by atoms with van der Waals surface area (Å²) in [6.07, 6.45) is -0.584. The SMILES string of the molecule is CC(C)(C)OC(=O)N[C@@H]1c2ccc(Br)cc2CC1O. The Labute approximate surface area is 121 Å². The van der Waals surface area contributed by atoms with Crippen LogP contribution in [0.4, 0.5) is 4.79 Å². The van der Waals surface area contributed by atoms with Crippen molar-refractivity contribution in [1.82, 2.24) is 5.32 Å². The van der Waals surface area contributed by atoms with Gasteiger partial charge in [-0.1, -0.05) is 22.0 Å². The minimum atomic E-state index is -0.614. The number of aliphatic hydroxyl groups is 1. The molecule has 0 aliphatic heterocycles. The Morgan fingerprint density at radius 2 is 2.16 bits per heavy atom. The van der Waals surface area contributed by atoms with Crippen LogP contribution in [0.2, 0.25) is 0 Å². The zero-order chi connectivity index (χ0) is 14.2. The molecule has 0 aromatic heterocycles. The van der Waals surface area contributed by atoms with Crippen molar-refractivity contribution in [2.45, 2.75) is 44.9 Å². The van der Waals surface area contributed by atoms with Crippen LogP contribution >= 0.6 is 15.9 Å². The normalized spacial score (nSPS) is 21.9. The number of halogens is 1. The van der Waals surface area contributed by atoms with E-state index >= 15 is 0 Å². The van der Waals surface area contributed by atoms with E-state index in [2.05, 4.69) is 21.2 Å². The van der Waals surface area contributed by atoms with Gasteiger partial charge in [0.25, 0.3) is 0 Å². The summed E-state index contributed by atoms with van der Waals surface area (Å²) < 4.78 is 6.19. The highest BCUT2D eigenvalue weighted by molar-refractivity contribution is 9.10. The summed E-state index contributed by atoms with van der Waals surface area (Å²) >= 11 is 3.40. The molecule has 0 bridgehead atoms. The quantitative estimate of drug-likeness (QED) is 0.833. The van der Waals surface area contributed by atoms with E-state index in [1.165, 1.54) is 0 Å². The van der Waals surface area contributed by atoms with E-state index in [0.29, 0.717) is 6.42 Å². The number of amides is 1. The zero-order valence-corrected chi connectivity index (χ0v) is 12.8. The van der Waals surface area contributed by atoms with Crippen LogP contribution in [-0.4, -0.2) is 22.9 Å². The van der Waals surface area contributed by atoms with Crippen LogP contribution in [0.25, 0.3) is 0 Å². The molecule has 104 valence electrons. The van der Waals surface area contributed by atoms with Crippen molar-refractivity contribution in [2.24, 2.45) is 0 Å². The Morgan fingerprint density at radius 1 is 1.47 bits per heavy atom. The van der Waals surface area contributed by atoms with Gasteiger partial charge in [-0.05, 0) is 44.0 Å². The summed E-state index contributed by atoms with van der Waals surface area (Å²) in [5.74, 6) is 0. The van der Waals surface area contributed by atoms with Gasteiger partial charge in [-0.25, -0.2) is 4.79 Å². The van der Waals surface area contributed by atoms with Crippen LogP contribution < -0.4 is 5.32 Å². The lowest BCUT2D eigenvalue weighted by atomic mass is 10.1. The van der Waals surface area contributed by atoms with Crippen molar-refractivity contribution in [3.05, 3.63) is 33.8 Å². The lowest BCUT2D eigenvalue weighted by Gasteiger charge is -2.23. The number of hydrogen-bond acceptors (Lipinski definition) is 3. The maximum absolute atomic E-state index is 11.8. The molecule has 2 rings (SSSR count). The molecule has 1 unspecified atom stereocenters. The van der Waals surface area contributed by atoms with Crippen LogP contribution in [0, 0.1) is 0 Å². The molecule has 0 heterocycles. The van der Waals surface area contributed by atoms with Crippen LogP contribution in [-0.2, 0) is 11.2 Å². The summed E-state index contributed by atoms with van der Waals surface area (Å²) in [7, 11) is 0. The van der Waals surface area contributed by atoms with Gasteiger partial charge in [-0.3, -0.25) is 0 Å². The fraction of sp³-hybridized carbons (Fsp3) is 0.500. The Hall–Kier alpha value is -1.07. The van der Waals surface area contributed by atoms with Gasteiger partial charge in [-0.15, -0.1) is 0 Å². The first kappa shape index (κ1) is 14.3. The minimum absolute atomic E-state index is 0.405. The van der Waals surface area contributed by atoms with Crippen LogP contribution in [0.3, 0.4) is 0 Å². The van der Waals surface area contributed by atoms with E-state index < -0.39 is 23.8 Å². The summed E-state index contributed by atoms with van der Waals surface area (Å²) in [6.45, 7) is 5.42. The number of carbonyl (C=O) groups excluding carboxylic acids is 1. The second kappa shape index (κ2) is 5.13. The molecule has 0 saturated carbocycles. The van der Waals surface area contributed by atoms with Crippen molar-refractivity contribution >= 4 is 22.0 Å². The Bertz CT molecular complexity index is 496. The molecular weight excluding hydrogens is 310 g/mol. The average Bonchev–Trinajstić information content (AvgIpc) is 2.51. The van der Waals surface area contributed by atoms with E-state index in [-0.39, 0.29) is 0 Å². The molecule has 2 atom stereocenters. The van der Waals surface area contributed by atoms with E-state index in [0.717, 1.165) is 15.6 Å². The number of benzene rings is 1. The largest absolute Gasteiger partial charge is 0.444 e. The number of ether oxygens (including phenoxy) is 1. The van der Waals surface area contributed by atoms with E-state index in [4.69, 9.17) is 4.74 Å². The van der Waals surface area contributed by atoms with E-state index in [9.17, 15) is 9.90 Å². The van der Waals surface area contributed by atoms with Crippen molar-refractivity contribution < 1.29 is 14.6 Å². The molecule has 5 heteroatoms. The van der Waals surface area contributed by atoms with Crippen molar-refractivity contribution in [3.8, 4) is 0 Å². The smallest absolute Gasteiger partial charge is 0.408 e. The molecule has 1 aromatic carbocycles. The lowest BCUT2D eigenvalue weighted by Crippen LogP contribution is -2.38. The van der Waals surface area contributed by atoms with Crippen molar-refractivity contribution in [2.75, 3.05) is 0 Å². The van der Waals surface area contributed by atoms with Gasteiger partial charge in [0.2, 0.25) is 0 Å². The number of fused-ring (bicyclic) bond motifs is 1. The summed E-state index contributed by atoms with van der Waals surface area (Å²) in [5, 5.41) is 12.8. The van der Waals surface area contributed by atoms with Gasteiger partial charge < -0.3 is 15.2 Å². The van der Waals surface area contributed by atoms with Gasteiger partial charge in [0.15, 0.2) is 0 Å². The fourth-order valence-electron chi connectivity index (χ4n) is 2.21. The Morgan fingerprint density at radius 3 is 2.79 bits per heavy atom. The standard InChI is InChI=1S/C14H18BrNO3/c1-14(2,3)19-13(18)16-12-10-5-4-9(15)6-8(10)7-11(12)17/h4-6,11-12,17H,7H2,1-3H3,(H,16,18)/t11?,12-/m1/s1. The van der Waals surface area contributed by atoms with E-state index in [1.54, 1.807) is 0 Å². The molecule has 0 saturated heterocycles. The number of hydrogen-bond donors (Lipinski definition) is 2. The topological polar surface area (TPSA) is 58.6 Å². The average molecular weight is 328 g/mol. The number of rotatable bonds is 1. The number of carbonyl (C=O) groups is 1. The molecule has 2 N–H and O–H groups in total. The summed E-state index contributed by atoms with van der Waals surface area (Å²) in [4.78, 5) is 11.8. The highest BCUT2D eigenvalue weighted by atomic mass is 79.9. The van der Waals surface area contributed by atoms with Crippen LogP contribution in [0.5, 0.6) is 0 Å². The van der Waals surface area contributed by atoms with Crippen LogP contribution in [0.15, 0.2) is 22.7 Å². The number of nitrogens with one attached hydrogen (secondary N) is 1. The Balaban J connectivity index is 2.12. The van der Waals surface area contributed by atoms with E-state index in [1.807, 2.05) is 39.0 Å². The van der Waals surface area contributed by atoms with Crippen LogP contribution in [0.1, 0.15) is 37.9 Å². The fourth-order valence-corrected chi connectivity index (χ4v) is 2.62. The first-order chi connectivity index (χ1) is 8.76. The second-order valence-electron chi connectivity index (χ2n) is 5.74. The van der Waals surface area contributed by atoms with Crippen molar-refractivity contribution in [3.63, 3.8) is 0 Å². The van der Waals surface area contributed by atoms with Gasteiger partial charge >= 0.3 is 6.09 Å². The molecule has 4 nitrogen and oxygen atoms in total. The zero-order valence-electron chi connectivity index (χ0n) is 11.2. The first-order valence-electron chi connectivity index (χ1n) is 6.22. The van der Waals surface area contributed by atoms with Gasteiger partial charge in [-0.2, -0.15) is 0 Å². The molecule has 1 aliphatic carbocycles. The molecule has 0 spiro atoms. The predicted molar refractivity (Wildman–Crippen MR) is 76.0 cm³/mol. The number of alkyl carbamates (subject to hydrolysis) is 1.